The molecule has 1 aliphatic rings. The zero-order valence-corrected chi connectivity index (χ0v) is 13.9. The van der Waals surface area contributed by atoms with Gasteiger partial charge in [0.15, 0.2) is 0 Å². The summed E-state index contributed by atoms with van der Waals surface area (Å²) in [6, 6.07) is 12.1. The normalized spacial score (nSPS) is 13.7. The lowest BCUT2D eigenvalue weighted by molar-refractivity contribution is -0.114. The van der Waals surface area contributed by atoms with E-state index in [0.29, 0.717) is 12.2 Å². The molecule has 0 spiro atoms. The molecule has 0 fully saturated rings. The van der Waals surface area contributed by atoms with Crippen molar-refractivity contribution < 1.29 is 13.2 Å². The molecular formula is C17H18N2O3S. The van der Waals surface area contributed by atoms with Crippen molar-refractivity contribution in [2.75, 3.05) is 16.2 Å². The van der Waals surface area contributed by atoms with E-state index in [1.165, 1.54) is 23.4 Å². The van der Waals surface area contributed by atoms with Crippen LogP contribution in [-0.4, -0.2) is 20.9 Å². The number of benzene rings is 2. The molecular weight excluding hydrogens is 312 g/mol. The summed E-state index contributed by atoms with van der Waals surface area (Å²) in [6.07, 6.45) is 0.722. The summed E-state index contributed by atoms with van der Waals surface area (Å²) in [7, 11) is -3.59. The van der Waals surface area contributed by atoms with Gasteiger partial charge in [0.25, 0.3) is 10.0 Å². The molecule has 0 saturated heterocycles. The van der Waals surface area contributed by atoms with Gasteiger partial charge in [-0.2, -0.15) is 0 Å². The molecule has 3 rings (SSSR count). The van der Waals surface area contributed by atoms with Gasteiger partial charge >= 0.3 is 0 Å². The predicted molar refractivity (Wildman–Crippen MR) is 90.2 cm³/mol. The largest absolute Gasteiger partial charge is 0.326 e. The molecule has 0 saturated carbocycles. The Bertz CT molecular complexity index is 858. The molecule has 23 heavy (non-hydrogen) atoms. The van der Waals surface area contributed by atoms with E-state index in [4.69, 9.17) is 0 Å². The number of fused-ring (bicyclic) bond motifs is 1. The second kappa shape index (κ2) is 5.70. The van der Waals surface area contributed by atoms with E-state index in [0.717, 1.165) is 23.2 Å². The first-order valence-electron chi connectivity index (χ1n) is 7.38. The number of anilines is 2. The molecule has 6 heteroatoms. The van der Waals surface area contributed by atoms with Crippen molar-refractivity contribution in [3.05, 3.63) is 53.6 Å². The van der Waals surface area contributed by atoms with E-state index in [1.54, 1.807) is 12.1 Å². The maximum absolute atomic E-state index is 12.9. The van der Waals surface area contributed by atoms with Gasteiger partial charge in [-0.1, -0.05) is 17.7 Å². The first-order chi connectivity index (χ1) is 10.9. The van der Waals surface area contributed by atoms with Gasteiger partial charge in [0.2, 0.25) is 5.91 Å². The average Bonchev–Trinajstić information content (AvgIpc) is 2.90. The fourth-order valence-electron chi connectivity index (χ4n) is 2.79. The third kappa shape index (κ3) is 2.94. The zero-order chi connectivity index (χ0) is 16.6. The fraction of sp³-hybridized carbons (Fsp3) is 0.235. The van der Waals surface area contributed by atoms with Crippen molar-refractivity contribution in [3.8, 4) is 0 Å². The quantitative estimate of drug-likeness (QED) is 0.941. The van der Waals surface area contributed by atoms with Crippen molar-refractivity contribution in [1.29, 1.82) is 0 Å². The van der Waals surface area contributed by atoms with Crippen LogP contribution < -0.4 is 9.62 Å². The minimum atomic E-state index is -3.59. The summed E-state index contributed by atoms with van der Waals surface area (Å²) in [5.41, 5.74) is 3.52. The fourth-order valence-corrected chi connectivity index (χ4v) is 4.29. The van der Waals surface area contributed by atoms with Crippen molar-refractivity contribution in [2.24, 2.45) is 0 Å². The number of carbonyl (C=O) groups excluding carboxylic acids is 1. The summed E-state index contributed by atoms with van der Waals surface area (Å²) in [5, 5.41) is 2.63. The number of nitrogens with zero attached hydrogens (tertiary/aromatic N) is 1. The third-order valence-electron chi connectivity index (χ3n) is 3.85. The van der Waals surface area contributed by atoms with Crippen LogP contribution in [0.25, 0.3) is 0 Å². The molecule has 0 aromatic heterocycles. The minimum Gasteiger partial charge on any atom is -0.326 e. The average molecular weight is 330 g/mol. The van der Waals surface area contributed by atoms with Gasteiger partial charge in [-0.3, -0.25) is 9.10 Å². The van der Waals surface area contributed by atoms with Crippen LogP contribution in [0.15, 0.2) is 47.4 Å². The van der Waals surface area contributed by atoms with Crippen LogP contribution in [0.3, 0.4) is 0 Å². The van der Waals surface area contributed by atoms with Crippen LogP contribution in [0.4, 0.5) is 11.4 Å². The topological polar surface area (TPSA) is 66.5 Å². The number of hydrogen-bond acceptors (Lipinski definition) is 3. The Kier molecular flexibility index (Phi) is 3.85. The summed E-state index contributed by atoms with van der Waals surface area (Å²) in [6.45, 7) is 3.86. The molecule has 0 aliphatic carbocycles. The van der Waals surface area contributed by atoms with Crippen LogP contribution in [-0.2, 0) is 21.2 Å². The van der Waals surface area contributed by atoms with Crippen molar-refractivity contribution >= 4 is 27.3 Å². The highest BCUT2D eigenvalue weighted by Crippen LogP contribution is 2.33. The third-order valence-corrected chi connectivity index (χ3v) is 5.68. The molecule has 1 N–H and O–H groups in total. The van der Waals surface area contributed by atoms with E-state index >= 15 is 0 Å². The molecule has 0 radical (unpaired) electrons. The summed E-state index contributed by atoms with van der Waals surface area (Å²) in [4.78, 5) is 11.3. The Hall–Kier alpha value is -2.34. The molecule has 2 aromatic carbocycles. The number of carbonyl (C=O) groups is 1. The molecule has 120 valence electrons. The first-order valence-corrected chi connectivity index (χ1v) is 8.82. The molecule has 1 aliphatic heterocycles. The van der Waals surface area contributed by atoms with E-state index in [1.807, 2.05) is 25.1 Å². The Morgan fingerprint density at radius 3 is 2.48 bits per heavy atom. The highest BCUT2D eigenvalue weighted by molar-refractivity contribution is 7.92. The number of nitrogens with one attached hydrogen (secondary N) is 1. The number of amides is 1. The number of hydrogen-bond donors (Lipinski definition) is 1. The van der Waals surface area contributed by atoms with Gasteiger partial charge in [0, 0.05) is 19.2 Å². The van der Waals surface area contributed by atoms with E-state index in [-0.39, 0.29) is 10.8 Å². The molecule has 0 atom stereocenters. The summed E-state index contributed by atoms with van der Waals surface area (Å²) in [5.74, 6) is -0.190. The monoisotopic (exact) mass is 330 g/mol. The lowest BCUT2D eigenvalue weighted by atomic mass is 10.1. The SMILES string of the molecule is CC(=O)Nc1ccc(S(=O)(=O)N2CCc3cc(C)ccc32)cc1. The molecule has 2 aromatic rings. The van der Waals surface area contributed by atoms with Crippen LogP contribution in [0.5, 0.6) is 0 Å². The van der Waals surface area contributed by atoms with Gasteiger partial charge in [-0.15, -0.1) is 0 Å². The van der Waals surface area contributed by atoms with E-state index < -0.39 is 10.0 Å². The summed E-state index contributed by atoms with van der Waals surface area (Å²) < 4.78 is 27.2. The van der Waals surface area contributed by atoms with Crippen LogP contribution in [0.1, 0.15) is 18.1 Å². The van der Waals surface area contributed by atoms with Crippen LogP contribution >= 0.6 is 0 Å². The number of rotatable bonds is 3. The molecule has 1 heterocycles. The maximum Gasteiger partial charge on any atom is 0.264 e. The van der Waals surface area contributed by atoms with Gasteiger partial charge in [0.1, 0.15) is 0 Å². The van der Waals surface area contributed by atoms with Crippen molar-refractivity contribution in [2.45, 2.75) is 25.2 Å². The highest BCUT2D eigenvalue weighted by Gasteiger charge is 2.30. The molecule has 1 amide bonds. The van der Waals surface area contributed by atoms with E-state index in [9.17, 15) is 13.2 Å². The van der Waals surface area contributed by atoms with Crippen molar-refractivity contribution in [3.63, 3.8) is 0 Å². The Morgan fingerprint density at radius 1 is 1.13 bits per heavy atom. The van der Waals surface area contributed by atoms with Crippen LogP contribution in [0.2, 0.25) is 0 Å². The lowest BCUT2D eigenvalue weighted by Crippen LogP contribution is -2.29. The minimum absolute atomic E-state index is 0.190. The number of sulfonamides is 1. The van der Waals surface area contributed by atoms with Crippen LogP contribution in [0, 0.1) is 6.92 Å². The molecule has 0 unspecified atom stereocenters. The Labute approximate surface area is 136 Å². The van der Waals surface area contributed by atoms with Gasteiger partial charge < -0.3 is 5.32 Å². The predicted octanol–water partition coefficient (Wildman–Crippen LogP) is 2.70. The zero-order valence-electron chi connectivity index (χ0n) is 13.0. The highest BCUT2D eigenvalue weighted by atomic mass is 32.2. The number of aryl methyl sites for hydroxylation is 1. The second-order valence-electron chi connectivity index (χ2n) is 5.66. The molecule has 5 nitrogen and oxygen atoms in total. The van der Waals surface area contributed by atoms with Gasteiger partial charge in [-0.25, -0.2) is 8.42 Å². The standard InChI is InChI=1S/C17H18N2O3S/c1-12-3-8-17-14(11-12)9-10-19(17)23(21,22)16-6-4-15(5-7-16)18-13(2)20/h3-8,11H,9-10H2,1-2H3,(H,18,20). The smallest absolute Gasteiger partial charge is 0.264 e. The van der Waals surface area contributed by atoms with Crippen molar-refractivity contribution in [1.82, 2.24) is 0 Å². The Morgan fingerprint density at radius 2 is 1.83 bits per heavy atom. The maximum atomic E-state index is 12.9. The summed E-state index contributed by atoms with van der Waals surface area (Å²) >= 11 is 0. The second-order valence-corrected chi connectivity index (χ2v) is 7.53. The van der Waals surface area contributed by atoms with Gasteiger partial charge in [0.05, 0.1) is 10.6 Å². The Balaban J connectivity index is 1.93. The lowest BCUT2D eigenvalue weighted by Gasteiger charge is -2.20. The van der Waals surface area contributed by atoms with E-state index in [2.05, 4.69) is 5.32 Å². The van der Waals surface area contributed by atoms with Gasteiger partial charge in [-0.05, 0) is 49.2 Å². The molecule has 0 bridgehead atoms. The first kappa shape index (κ1) is 15.6.